The van der Waals surface area contributed by atoms with Crippen LogP contribution in [0, 0.1) is 0 Å². The molecule has 0 saturated carbocycles. The topological polar surface area (TPSA) is 108 Å². The number of likely N-dealkylation sites (N-methyl/N-ethyl adjacent to an activating group) is 1. The molecule has 1 amide bonds. The van der Waals surface area contributed by atoms with E-state index in [-0.39, 0.29) is 19.1 Å². The molecule has 8 nitrogen and oxygen atoms in total. The average molecular weight is 577 g/mol. The number of carbonyl (C=O) groups is 1. The molecule has 0 aliphatic carbocycles. The summed E-state index contributed by atoms with van der Waals surface area (Å²) >= 11 is 0. The quantitative estimate of drug-likeness (QED) is 0.0517. The highest BCUT2D eigenvalue weighted by Crippen LogP contribution is 2.38. The van der Waals surface area contributed by atoms with Crippen LogP contribution in [0.2, 0.25) is 0 Å². The Kier molecular flexibility index (Phi) is 23.4. The second-order valence-corrected chi connectivity index (χ2v) is 13.2. The Labute approximate surface area is 240 Å². The molecule has 0 aromatic carbocycles. The Morgan fingerprint density at radius 3 is 1.87 bits per heavy atom. The van der Waals surface area contributed by atoms with Crippen LogP contribution in [-0.4, -0.2) is 68.5 Å². The summed E-state index contributed by atoms with van der Waals surface area (Å²) in [5.41, 5.74) is 0. The van der Waals surface area contributed by atoms with Gasteiger partial charge >= 0.3 is 0 Å². The maximum absolute atomic E-state index is 12.5. The van der Waals surface area contributed by atoms with Crippen molar-refractivity contribution in [3.05, 3.63) is 12.2 Å². The zero-order valence-corrected chi connectivity index (χ0v) is 26.7. The van der Waals surface area contributed by atoms with Crippen LogP contribution in [0.15, 0.2) is 12.2 Å². The summed E-state index contributed by atoms with van der Waals surface area (Å²) in [6.45, 7) is 4.39. The number of phosphoric acid groups is 1. The van der Waals surface area contributed by atoms with Crippen LogP contribution in [0.5, 0.6) is 0 Å². The third-order valence-electron chi connectivity index (χ3n) is 6.73. The zero-order chi connectivity index (χ0) is 29.4. The smallest absolute Gasteiger partial charge is 0.268 e. The lowest BCUT2D eigenvalue weighted by atomic mass is 10.0. The minimum atomic E-state index is -4.55. The van der Waals surface area contributed by atoms with Crippen molar-refractivity contribution in [1.29, 1.82) is 0 Å². The average Bonchev–Trinajstić information content (AvgIpc) is 2.85. The summed E-state index contributed by atoms with van der Waals surface area (Å²) in [6, 6.07) is -0.874. The van der Waals surface area contributed by atoms with Crippen LogP contribution in [0.4, 0.5) is 0 Å². The normalized spacial score (nSPS) is 15.4. The molecule has 0 bridgehead atoms. The molecule has 0 aliphatic rings. The van der Waals surface area contributed by atoms with Crippen LogP contribution in [0.1, 0.15) is 123 Å². The van der Waals surface area contributed by atoms with E-state index in [1.165, 1.54) is 70.6 Å². The largest absolute Gasteiger partial charge is 0.756 e. The third kappa shape index (κ3) is 25.9. The zero-order valence-electron chi connectivity index (χ0n) is 25.8. The molecule has 0 aromatic heterocycles. The summed E-state index contributed by atoms with van der Waals surface area (Å²) in [6.07, 6.45) is 21.9. The molecule has 0 radical (unpaired) electrons. The van der Waals surface area contributed by atoms with E-state index in [0.717, 1.165) is 32.1 Å². The van der Waals surface area contributed by atoms with E-state index in [4.69, 9.17) is 9.05 Å². The van der Waals surface area contributed by atoms with Gasteiger partial charge < -0.3 is 28.8 Å². The van der Waals surface area contributed by atoms with Crippen LogP contribution in [0.25, 0.3) is 0 Å². The number of carbonyl (C=O) groups excluding carboxylic acids is 1. The van der Waals surface area contributed by atoms with Crippen molar-refractivity contribution in [2.45, 2.75) is 135 Å². The van der Waals surface area contributed by atoms with Gasteiger partial charge in [-0.25, -0.2) is 0 Å². The van der Waals surface area contributed by atoms with Gasteiger partial charge in [-0.2, -0.15) is 0 Å². The second-order valence-electron chi connectivity index (χ2n) is 11.8. The van der Waals surface area contributed by atoms with Crippen molar-refractivity contribution in [3.63, 3.8) is 0 Å². The van der Waals surface area contributed by atoms with Crippen LogP contribution in [-0.2, 0) is 18.4 Å². The standard InChI is InChI=1S/C30H61N2O6P/c1-6-8-10-11-12-13-14-15-16-17-18-19-20-22-24-30(34)31-28(29(33)23-21-9-7-2)27-38-39(35,36)37-26-25-32(3,4)5/h21,23,28-29,33H,6-20,22,24-27H2,1-5H3,(H-,31,34,35,36)/b23-21+. The van der Waals surface area contributed by atoms with E-state index in [9.17, 15) is 19.4 Å². The number of allylic oxidation sites excluding steroid dienone is 1. The summed E-state index contributed by atoms with van der Waals surface area (Å²) in [5, 5.41) is 13.3. The van der Waals surface area contributed by atoms with Gasteiger partial charge in [0.2, 0.25) is 5.91 Å². The highest BCUT2D eigenvalue weighted by molar-refractivity contribution is 7.45. The molecule has 0 rings (SSSR count). The van der Waals surface area contributed by atoms with E-state index in [2.05, 4.69) is 12.2 Å². The molecule has 3 atom stereocenters. The number of quaternary nitrogens is 1. The number of aliphatic hydroxyl groups is 1. The molecule has 0 aromatic rings. The summed E-state index contributed by atoms with van der Waals surface area (Å²) in [5.74, 6) is -0.211. The van der Waals surface area contributed by atoms with Crippen LogP contribution < -0.4 is 10.2 Å². The Hall–Kier alpha value is -0.760. The number of nitrogens with one attached hydrogen (secondary N) is 1. The Morgan fingerprint density at radius 2 is 1.38 bits per heavy atom. The van der Waals surface area contributed by atoms with E-state index in [1.54, 1.807) is 6.08 Å². The van der Waals surface area contributed by atoms with Crippen molar-refractivity contribution >= 4 is 13.7 Å². The number of rotatable bonds is 27. The van der Waals surface area contributed by atoms with Gasteiger partial charge in [0.15, 0.2) is 0 Å². The molecule has 3 unspecified atom stereocenters. The molecule has 0 spiro atoms. The number of amides is 1. The Bertz CT molecular complexity index is 668. The highest BCUT2D eigenvalue weighted by atomic mass is 31.2. The molecular weight excluding hydrogens is 515 g/mol. The first kappa shape index (κ1) is 38.2. The fourth-order valence-corrected chi connectivity index (χ4v) is 4.88. The van der Waals surface area contributed by atoms with Crippen LogP contribution >= 0.6 is 7.82 Å². The number of unbranched alkanes of at least 4 members (excludes halogenated alkanes) is 14. The van der Waals surface area contributed by atoms with Gasteiger partial charge in [-0.3, -0.25) is 9.36 Å². The Balaban J connectivity index is 4.27. The molecule has 0 aliphatic heterocycles. The first-order valence-electron chi connectivity index (χ1n) is 15.6. The highest BCUT2D eigenvalue weighted by Gasteiger charge is 2.23. The molecule has 9 heteroatoms. The lowest BCUT2D eigenvalue weighted by Crippen LogP contribution is -2.45. The number of hydrogen-bond donors (Lipinski definition) is 2. The van der Waals surface area contributed by atoms with Crippen molar-refractivity contribution in [3.8, 4) is 0 Å². The molecule has 0 heterocycles. The minimum Gasteiger partial charge on any atom is -0.756 e. The van der Waals surface area contributed by atoms with Crippen molar-refractivity contribution in [2.75, 3.05) is 40.9 Å². The molecule has 39 heavy (non-hydrogen) atoms. The monoisotopic (exact) mass is 576 g/mol. The second kappa shape index (κ2) is 23.9. The molecule has 0 saturated heterocycles. The van der Waals surface area contributed by atoms with Gasteiger partial charge in [-0.1, -0.05) is 116 Å². The fourth-order valence-electron chi connectivity index (χ4n) is 4.16. The SMILES string of the molecule is CCC/C=C/C(O)C(COP(=O)([O-])OCC[N+](C)(C)C)NC(=O)CCCCCCCCCCCCCCCC. The summed E-state index contributed by atoms with van der Waals surface area (Å²) in [4.78, 5) is 24.7. The number of hydrogen-bond acceptors (Lipinski definition) is 6. The minimum absolute atomic E-state index is 0.000610. The van der Waals surface area contributed by atoms with E-state index in [0.29, 0.717) is 17.4 Å². The van der Waals surface area contributed by atoms with Gasteiger partial charge in [0.05, 0.1) is 39.9 Å². The molecule has 2 N–H and O–H groups in total. The summed E-state index contributed by atoms with van der Waals surface area (Å²) < 4.78 is 22.7. The van der Waals surface area contributed by atoms with Crippen molar-refractivity contribution in [2.24, 2.45) is 0 Å². The van der Waals surface area contributed by atoms with Crippen molar-refractivity contribution in [1.82, 2.24) is 5.32 Å². The van der Waals surface area contributed by atoms with Crippen molar-refractivity contribution < 1.29 is 32.9 Å². The predicted molar refractivity (Wildman–Crippen MR) is 159 cm³/mol. The van der Waals surface area contributed by atoms with E-state index < -0.39 is 20.0 Å². The lowest BCUT2D eigenvalue weighted by Gasteiger charge is -2.29. The lowest BCUT2D eigenvalue weighted by molar-refractivity contribution is -0.870. The molecule has 0 fully saturated rings. The molecular formula is C30H61N2O6P. The number of phosphoric ester groups is 1. The first-order valence-corrected chi connectivity index (χ1v) is 17.0. The first-order chi connectivity index (χ1) is 18.5. The summed E-state index contributed by atoms with van der Waals surface area (Å²) in [7, 11) is 1.25. The molecule has 232 valence electrons. The Morgan fingerprint density at radius 1 is 0.872 bits per heavy atom. The van der Waals surface area contributed by atoms with Gasteiger partial charge in [0.25, 0.3) is 7.82 Å². The third-order valence-corrected chi connectivity index (χ3v) is 7.69. The van der Waals surface area contributed by atoms with E-state index in [1.807, 2.05) is 34.1 Å². The number of aliphatic hydroxyl groups excluding tert-OH is 1. The predicted octanol–water partition coefficient (Wildman–Crippen LogP) is 6.27. The van der Waals surface area contributed by atoms with Gasteiger partial charge in [0.1, 0.15) is 13.2 Å². The maximum atomic E-state index is 12.5. The number of nitrogens with zero attached hydrogens (tertiary/aromatic N) is 1. The van der Waals surface area contributed by atoms with Gasteiger partial charge in [-0.05, 0) is 12.8 Å². The van der Waals surface area contributed by atoms with Gasteiger partial charge in [0, 0.05) is 6.42 Å². The maximum Gasteiger partial charge on any atom is 0.268 e. The fraction of sp³-hybridized carbons (Fsp3) is 0.900. The van der Waals surface area contributed by atoms with E-state index >= 15 is 0 Å². The van der Waals surface area contributed by atoms with Gasteiger partial charge in [-0.15, -0.1) is 0 Å². The van der Waals surface area contributed by atoms with Crippen LogP contribution in [0.3, 0.4) is 0 Å².